The number of hydrogen-bond donors (Lipinski definition) is 0. The van der Waals surface area contributed by atoms with Crippen molar-refractivity contribution in [3.8, 4) is 55.9 Å². The summed E-state index contributed by atoms with van der Waals surface area (Å²) in [6.07, 6.45) is 0. The van der Waals surface area contributed by atoms with E-state index in [1.807, 2.05) is 42.5 Å². The number of furan rings is 1. The van der Waals surface area contributed by atoms with Gasteiger partial charge in [-0.05, 0) is 52.2 Å². The molecule has 0 bridgehead atoms. The van der Waals surface area contributed by atoms with Crippen LogP contribution >= 0.6 is 11.3 Å². The maximum Gasteiger partial charge on any atom is 0.164 e. The monoisotopic (exact) mass is 658 g/mol. The Labute approximate surface area is 291 Å². The van der Waals surface area contributed by atoms with Crippen molar-refractivity contribution in [3.63, 3.8) is 0 Å². The molecule has 6 heteroatoms. The highest BCUT2D eigenvalue weighted by Gasteiger charge is 2.17. The first kappa shape index (κ1) is 28.5. The zero-order valence-corrected chi connectivity index (χ0v) is 27.4. The second-order valence-corrected chi connectivity index (χ2v) is 13.4. The van der Waals surface area contributed by atoms with E-state index in [-0.39, 0.29) is 0 Å². The fourth-order valence-electron chi connectivity index (χ4n) is 6.57. The molecule has 0 aliphatic heterocycles. The number of aromatic nitrogens is 4. The van der Waals surface area contributed by atoms with Crippen LogP contribution in [0.25, 0.3) is 98.8 Å². The minimum atomic E-state index is 0.603. The van der Waals surface area contributed by atoms with Crippen molar-refractivity contribution >= 4 is 54.3 Å². The van der Waals surface area contributed by atoms with E-state index in [0.717, 1.165) is 70.4 Å². The highest BCUT2D eigenvalue weighted by atomic mass is 32.1. The lowest BCUT2D eigenvalue weighted by molar-refractivity contribution is 0.669. The zero-order valence-electron chi connectivity index (χ0n) is 26.6. The summed E-state index contributed by atoms with van der Waals surface area (Å²) in [6.45, 7) is 0. The van der Waals surface area contributed by atoms with E-state index < -0.39 is 0 Å². The van der Waals surface area contributed by atoms with Crippen LogP contribution in [0.3, 0.4) is 0 Å². The Morgan fingerprint density at radius 2 is 0.940 bits per heavy atom. The summed E-state index contributed by atoms with van der Waals surface area (Å²) < 4.78 is 7.47. The Kier molecular flexibility index (Phi) is 6.60. The van der Waals surface area contributed by atoms with Crippen molar-refractivity contribution in [1.29, 1.82) is 0 Å². The summed E-state index contributed by atoms with van der Waals surface area (Å²) >= 11 is 1.69. The highest BCUT2D eigenvalue weighted by Crippen LogP contribution is 2.38. The molecule has 0 N–H and O–H groups in total. The van der Waals surface area contributed by atoms with Crippen molar-refractivity contribution in [1.82, 2.24) is 19.9 Å². The molecule has 5 nitrogen and oxygen atoms in total. The standard InChI is InChI=1S/C44H26N4OS/c1-3-9-27(10-4-1)29-15-18-30(19-16-29)41-46-42(33-20-17-28-11-7-8-14-32(28)23-33)48-43(47-41)34-21-22-38-35(24-34)36-25-40-37(26-39(36)49-38)45-44(50-40)31-12-5-2-6-13-31/h1-26H. The van der Waals surface area contributed by atoms with Crippen LogP contribution < -0.4 is 0 Å². The molecule has 234 valence electrons. The molecule has 0 amide bonds. The Hall–Kier alpha value is -6.50. The normalized spacial score (nSPS) is 11.6. The summed E-state index contributed by atoms with van der Waals surface area (Å²) in [5.41, 5.74) is 8.72. The van der Waals surface area contributed by atoms with Gasteiger partial charge >= 0.3 is 0 Å². The van der Waals surface area contributed by atoms with Gasteiger partial charge in [0.05, 0.1) is 10.2 Å². The fourth-order valence-corrected chi connectivity index (χ4v) is 7.57. The molecular formula is C44H26N4OS. The fraction of sp³-hybridized carbons (Fsp3) is 0. The number of fused-ring (bicyclic) bond motifs is 5. The van der Waals surface area contributed by atoms with Crippen LogP contribution in [0, 0.1) is 0 Å². The van der Waals surface area contributed by atoms with Crippen LogP contribution in [0.2, 0.25) is 0 Å². The molecule has 0 saturated carbocycles. The van der Waals surface area contributed by atoms with E-state index in [1.54, 1.807) is 11.3 Å². The minimum absolute atomic E-state index is 0.603. The van der Waals surface area contributed by atoms with Crippen LogP contribution in [-0.2, 0) is 0 Å². The molecule has 7 aromatic carbocycles. The molecule has 0 spiro atoms. The van der Waals surface area contributed by atoms with Gasteiger partial charge in [0.25, 0.3) is 0 Å². The van der Waals surface area contributed by atoms with Gasteiger partial charge in [0.2, 0.25) is 0 Å². The lowest BCUT2D eigenvalue weighted by Gasteiger charge is -2.10. The maximum absolute atomic E-state index is 6.35. The molecule has 10 rings (SSSR count). The number of nitrogens with zero attached hydrogens (tertiary/aromatic N) is 4. The lowest BCUT2D eigenvalue weighted by atomic mass is 10.0. The topological polar surface area (TPSA) is 64.7 Å². The van der Waals surface area contributed by atoms with E-state index in [2.05, 4.69) is 115 Å². The predicted octanol–water partition coefficient (Wildman–Crippen LogP) is 11.9. The molecule has 0 atom stereocenters. The SMILES string of the molecule is c1ccc(-c2ccc(-c3nc(-c4ccc5ccccc5c4)nc(-c4ccc5oc6cc7nc(-c8ccccc8)sc7cc6c5c4)n3)cc2)cc1. The number of thiazole rings is 1. The average Bonchev–Trinajstić information content (AvgIpc) is 3.77. The average molecular weight is 659 g/mol. The minimum Gasteiger partial charge on any atom is -0.456 e. The Bertz CT molecular complexity index is 2860. The molecule has 50 heavy (non-hydrogen) atoms. The molecule has 3 aromatic heterocycles. The van der Waals surface area contributed by atoms with Crippen LogP contribution in [-0.4, -0.2) is 19.9 Å². The highest BCUT2D eigenvalue weighted by molar-refractivity contribution is 7.21. The van der Waals surface area contributed by atoms with Gasteiger partial charge in [-0.25, -0.2) is 19.9 Å². The molecule has 0 unspecified atom stereocenters. The third-order valence-corrected chi connectivity index (χ3v) is 10.2. The maximum atomic E-state index is 6.35. The molecule has 3 heterocycles. The summed E-state index contributed by atoms with van der Waals surface area (Å²) in [6, 6.07) is 54.2. The van der Waals surface area contributed by atoms with Gasteiger partial charge in [-0.1, -0.05) is 121 Å². The molecule has 0 saturated heterocycles. The van der Waals surface area contributed by atoms with Gasteiger partial charge < -0.3 is 4.42 Å². The van der Waals surface area contributed by atoms with Crippen LogP contribution in [0.1, 0.15) is 0 Å². The molecular weight excluding hydrogens is 633 g/mol. The third kappa shape index (κ3) is 5.02. The van der Waals surface area contributed by atoms with E-state index in [4.69, 9.17) is 24.4 Å². The van der Waals surface area contributed by atoms with Crippen molar-refractivity contribution < 1.29 is 4.42 Å². The van der Waals surface area contributed by atoms with Gasteiger partial charge in [-0.3, -0.25) is 0 Å². The van der Waals surface area contributed by atoms with Crippen molar-refractivity contribution in [2.45, 2.75) is 0 Å². The Balaban J connectivity index is 1.11. The van der Waals surface area contributed by atoms with Crippen molar-refractivity contribution in [3.05, 3.63) is 158 Å². The van der Waals surface area contributed by atoms with Crippen molar-refractivity contribution in [2.24, 2.45) is 0 Å². The van der Waals surface area contributed by atoms with Crippen LogP contribution in [0.15, 0.2) is 162 Å². The van der Waals surface area contributed by atoms with E-state index in [1.165, 1.54) is 10.9 Å². The third-order valence-electron chi connectivity index (χ3n) is 9.15. The van der Waals surface area contributed by atoms with Crippen LogP contribution in [0.4, 0.5) is 0 Å². The summed E-state index contributed by atoms with van der Waals surface area (Å²) in [5.74, 6) is 1.85. The predicted molar refractivity (Wildman–Crippen MR) is 205 cm³/mol. The molecule has 0 fully saturated rings. The Morgan fingerprint density at radius 3 is 1.70 bits per heavy atom. The number of benzene rings is 7. The van der Waals surface area contributed by atoms with E-state index in [9.17, 15) is 0 Å². The largest absolute Gasteiger partial charge is 0.456 e. The lowest BCUT2D eigenvalue weighted by Crippen LogP contribution is -2.00. The second kappa shape index (κ2) is 11.6. The number of hydrogen-bond acceptors (Lipinski definition) is 6. The summed E-state index contributed by atoms with van der Waals surface area (Å²) in [5, 5.41) is 5.35. The van der Waals surface area contributed by atoms with E-state index in [0.29, 0.717) is 17.5 Å². The van der Waals surface area contributed by atoms with Gasteiger partial charge in [0, 0.05) is 39.1 Å². The van der Waals surface area contributed by atoms with Gasteiger partial charge in [0.1, 0.15) is 16.2 Å². The molecule has 0 radical (unpaired) electrons. The van der Waals surface area contributed by atoms with Gasteiger partial charge in [-0.15, -0.1) is 11.3 Å². The van der Waals surface area contributed by atoms with Gasteiger partial charge in [0.15, 0.2) is 17.5 Å². The molecule has 0 aliphatic carbocycles. The first-order valence-corrected chi connectivity index (χ1v) is 17.3. The number of rotatable bonds is 5. The molecule has 0 aliphatic rings. The van der Waals surface area contributed by atoms with Crippen LogP contribution in [0.5, 0.6) is 0 Å². The second-order valence-electron chi connectivity index (χ2n) is 12.3. The quantitative estimate of drug-likeness (QED) is 0.184. The first-order valence-electron chi connectivity index (χ1n) is 16.5. The van der Waals surface area contributed by atoms with Gasteiger partial charge in [-0.2, -0.15) is 0 Å². The zero-order chi connectivity index (χ0) is 33.0. The van der Waals surface area contributed by atoms with E-state index >= 15 is 0 Å². The first-order chi connectivity index (χ1) is 24.7. The summed E-state index contributed by atoms with van der Waals surface area (Å²) in [4.78, 5) is 20.1. The smallest absolute Gasteiger partial charge is 0.164 e. The van der Waals surface area contributed by atoms with Crippen molar-refractivity contribution in [2.75, 3.05) is 0 Å². The summed E-state index contributed by atoms with van der Waals surface area (Å²) in [7, 11) is 0. The Morgan fingerprint density at radius 1 is 0.380 bits per heavy atom. The molecule has 10 aromatic rings.